The molecule has 0 aromatic heterocycles. The first-order valence-electron chi connectivity index (χ1n) is 10.5. The first kappa shape index (κ1) is 24.4. The molecule has 166 valence electrons. The number of benzene rings is 1. The van der Waals surface area contributed by atoms with Gasteiger partial charge in [-0.25, -0.2) is 0 Å². The number of carboxylic acid groups (broad SMARTS) is 1. The molecule has 1 aliphatic heterocycles. The third-order valence-corrected chi connectivity index (χ3v) is 6.45. The van der Waals surface area contributed by atoms with Gasteiger partial charge in [0.2, 0.25) is 0 Å². The Balaban J connectivity index is 2.04. The summed E-state index contributed by atoms with van der Waals surface area (Å²) in [5.74, 6) is -0.885. The van der Waals surface area contributed by atoms with Crippen LogP contribution in [-0.2, 0) is 25.5 Å². The van der Waals surface area contributed by atoms with Gasteiger partial charge < -0.3 is 15.2 Å². The smallest absolute Gasteiger partial charge is 0.323 e. The number of Topliss-reactive ketones (excluding diaryl/α,β-unsaturated/α-hetero) is 1. The number of hydrogen-bond acceptors (Lipinski definition) is 7. The highest BCUT2D eigenvalue weighted by molar-refractivity contribution is 8.00. The number of esters is 1. The van der Waals surface area contributed by atoms with Gasteiger partial charge in [0.05, 0.1) is 18.0 Å². The predicted molar refractivity (Wildman–Crippen MR) is 117 cm³/mol. The van der Waals surface area contributed by atoms with Gasteiger partial charge in [-0.15, -0.1) is 11.8 Å². The maximum atomic E-state index is 13.2. The van der Waals surface area contributed by atoms with Crippen LogP contribution in [0.3, 0.4) is 0 Å². The van der Waals surface area contributed by atoms with Crippen LogP contribution < -0.4 is 10.6 Å². The summed E-state index contributed by atoms with van der Waals surface area (Å²) in [6, 6.07) is 8.66. The Bertz CT molecular complexity index is 694. The molecule has 3 N–H and O–H groups in total. The summed E-state index contributed by atoms with van der Waals surface area (Å²) in [5, 5.41) is 15.4. The highest BCUT2D eigenvalue weighted by Gasteiger charge is 2.35. The Kier molecular flexibility index (Phi) is 10.3. The maximum absolute atomic E-state index is 13.2. The Hall–Kier alpha value is -1.90. The summed E-state index contributed by atoms with van der Waals surface area (Å²) in [6.07, 6.45) is 1.41. The van der Waals surface area contributed by atoms with Crippen molar-refractivity contribution in [2.75, 3.05) is 18.9 Å². The van der Waals surface area contributed by atoms with Crippen LogP contribution in [0.2, 0.25) is 0 Å². The van der Waals surface area contributed by atoms with Gasteiger partial charge >= 0.3 is 11.9 Å². The van der Waals surface area contributed by atoms with Crippen molar-refractivity contribution in [1.82, 2.24) is 10.6 Å². The summed E-state index contributed by atoms with van der Waals surface area (Å²) < 4.78 is 5.21. The maximum Gasteiger partial charge on any atom is 0.323 e. The molecule has 0 amide bonds. The first-order chi connectivity index (χ1) is 14.4. The van der Waals surface area contributed by atoms with Gasteiger partial charge in [-0.2, -0.15) is 0 Å². The van der Waals surface area contributed by atoms with Gasteiger partial charge in [-0.05, 0) is 38.7 Å². The van der Waals surface area contributed by atoms with Crippen LogP contribution >= 0.6 is 11.8 Å². The molecule has 0 radical (unpaired) electrons. The number of aryl methyl sites for hydroxylation is 1. The molecule has 0 spiro atoms. The van der Waals surface area contributed by atoms with E-state index < -0.39 is 24.0 Å². The predicted octanol–water partition coefficient (Wildman–Crippen LogP) is 2.24. The number of carbonyl (C=O) groups excluding carboxylic acids is 2. The van der Waals surface area contributed by atoms with Crippen molar-refractivity contribution in [3.63, 3.8) is 0 Å². The number of carbonyl (C=O) groups is 3. The molecular weight excluding hydrogens is 404 g/mol. The Morgan fingerprint density at radius 1 is 1.27 bits per heavy atom. The highest BCUT2D eigenvalue weighted by Crippen LogP contribution is 2.27. The molecule has 0 saturated carbocycles. The number of rotatable bonds is 13. The topological polar surface area (TPSA) is 105 Å². The lowest BCUT2D eigenvalue weighted by molar-refractivity contribution is -0.146. The summed E-state index contributed by atoms with van der Waals surface area (Å²) in [7, 11) is 0. The van der Waals surface area contributed by atoms with Crippen molar-refractivity contribution in [3.05, 3.63) is 35.9 Å². The summed E-state index contributed by atoms with van der Waals surface area (Å²) in [4.78, 5) is 36.7. The lowest BCUT2D eigenvalue weighted by atomic mass is 9.92. The average molecular weight is 437 g/mol. The standard InChI is InChI=1S/C22H32N2O5S/c1-3-29-22(28)18(11-9-16-7-5-4-6-8-16)24-15(2)20(27)17(10-12-19(25)26)21-23-13-14-30-21/h4-8,15,17-18,21,23-24H,3,9-14H2,1-2H3,(H,25,26)/t15-,17-,18-,21?/m0/s1. The normalized spacial score (nSPS) is 19.1. The average Bonchev–Trinajstić information content (AvgIpc) is 3.26. The van der Waals surface area contributed by atoms with E-state index in [-0.39, 0.29) is 36.6 Å². The van der Waals surface area contributed by atoms with Gasteiger partial charge in [0.25, 0.3) is 0 Å². The van der Waals surface area contributed by atoms with Crippen LogP contribution in [0.1, 0.15) is 38.7 Å². The Morgan fingerprint density at radius 2 is 2.00 bits per heavy atom. The van der Waals surface area contributed by atoms with Crippen LogP contribution in [0, 0.1) is 5.92 Å². The van der Waals surface area contributed by atoms with E-state index in [1.165, 1.54) is 0 Å². The van der Waals surface area contributed by atoms with Gasteiger partial charge in [0, 0.05) is 24.6 Å². The third-order valence-electron chi connectivity index (χ3n) is 5.16. The van der Waals surface area contributed by atoms with Gasteiger partial charge in [-0.3, -0.25) is 19.7 Å². The molecule has 7 nitrogen and oxygen atoms in total. The molecular formula is C22H32N2O5S. The number of thioether (sulfide) groups is 1. The fourth-order valence-electron chi connectivity index (χ4n) is 3.60. The minimum Gasteiger partial charge on any atom is -0.481 e. The van der Waals surface area contributed by atoms with Crippen molar-refractivity contribution >= 4 is 29.5 Å². The van der Waals surface area contributed by atoms with Crippen molar-refractivity contribution in [3.8, 4) is 0 Å². The van der Waals surface area contributed by atoms with Crippen LogP contribution in [0.25, 0.3) is 0 Å². The molecule has 0 bridgehead atoms. The number of ether oxygens (including phenoxy) is 1. The number of carboxylic acids is 1. The second-order valence-electron chi connectivity index (χ2n) is 7.40. The van der Waals surface area contributed by atoms with E-state index in [2.05, 4.69) is 10.6 Å². The van der Waals surface area contributed by atoms with E-state index in [1.54, 1.807) is 25.6 Å². The Morgan fingerprint density at radius 3 is 2.60 bits per heavy atom. The van der Waals surface area contributed by atoms with Crippen LogP contribution in [-0.4, -0.2) is 59.2 Å². The molecule has 30 heavy (non-hydrogen) atoms. The molecule has 8 heteroatoms. The van der Waals surface area contributed by atoms with E-state index >= 15 is 0 Å². The number of nitrogens with one attached hydrogen (secondary N) is 2. The molecule has 1 unspecified atom stereocenters. The summed E-state index contributed by atoms with van der Waals surface area (Å²) in [5.41, 5.74) is 1.11. The number of hydrogen-bond donors (Lipinski definition) is 3. The zero-order valence-electron chi connectivity index (χ0n) is 17.6. The van der Waals surface area contributed by atoms with E-state index in [1.807, 2.05) is 30.3 Å². The van der Waals surface area contributed by atoms with E-state index in [9.17, 15) is 14.4 Å². The van der Waals surface area contributed by atoms with E-state index in [0.717, 1.165) is 17.9 Å². The molecule has 1 aromatic carbocycles. The fraction of sp³-hybridized carbons (Fsp3) is 0.591. The SMILES string of the molecule is CCOC(=O)[C@H](CCc1ccccc1)N[C@@H](C)C(=O)[C@H](CCC(=O)O)C1NCCS1. The van der Waals surface area contributed by atoms with Crippen molar-refractivity contribution in [2.45, 2.75) is 57.0 Å². The second-order valence-corrected chi connectivity index (χ2v) is 8.65. The van der Waals surface area contributed by atoms with Crippen LogP contribution in [0.15, 0.2) is 30.3 Å². The summed E-state index contributed by atoms with van der Waals surface area (Å²) in [6.45, 7) is 4.57. The quantitative estimate of drug-likeness (QED) is 0.405. The second kappa shape index (κ2) is 12.7. The molecule has 2 rings (SSSR count). The monoisotopic (exact) mass is 436 g/mol. The zero-order chi connectivity index (χ0) is 21.9. The molecule has 0 aliphatic carbocycles. The minimum absolute atomic E-state index is 0.0584. The largest absolute Gasteiger partial charge is 0.481 e. The Labute approximate surface area is 182 Å². The minimum atomic E-state index is -0.913. The van der Waals surface area contributed by atoms with Crippen molar-refractivity contribution in [2.24, 2.45) is 5.92 Å². The van der Waals surface area contributed by atoms with Crippen LogP contribution in [0.4, 0.5) is 0 Å². The van der Waals surface area contributed by atoms with Gasteiger partial charge in [0.15, 0.2) is 5.78 Å². The molecule has 1 saturated heterocycles. The number of ketones is 1. The molecule has 1 heterocycles. The van der Waals surface area contributed by atoms with Crippen molar-refractivity contribution < 1.29 is 24.2 Å². The molecule has 1 aliphatic rings. The zero-order valence-corrected chi connectivity index (χ0v) is 18.5. The molecule has 1 aromatic rings. The molecule has 1 fully saturated rings. The van der Waals surface area contributed by atoms with E-state index in [0.29, 0.717) is 12.8 Å². The summed E-state index contributed by atoms with van der Waals surface area (Å²) >= 11 is 1.64. The highest BCUT2D eigenvalue weighted by atomic mass is 32.2. The first-order valence-corrected chi connectivity index (χ1v) is 11.5. The van der Waals surface area contributed by atoms with E-state index in [4.69, 9.17) is 9.84 Å². The van der Waals surface area contributed by atoms with Crippen LogP contribution in [0.5, 0.6) is 0 Å². The lowest BCUT2D eigenvalue weighted by Crippen LogP contribution is -2.50. The lowest BCUT2D eigenvalue weighted by Gasteiger charge is -2.27. The van der Waals surface area contributed by atoms with Gasteiger partial charge in [-0.1, -0.05) is 30.3 Å². The third kappa shape index (κ3) is 7.74. The van der Waals surface area contributed by atoms with Gasteiger partial charge in [0.1, 0.15) is 6.04 Å². The fourth-order valence-corrected chi connectivity index (χ4v) is 4.83. The number of aliphatic carboxylic acids is 1. The molecule has 4 atom stereocenters. The van der Waals surface area contributed by atoms with Crippen molar-refractivity contribution in [1.29, 1.82) is 0 Å².